The van der Waals surface area contributed by atoms with Crippen LogP contribution in [0.4, 0.5) is 10.9 Å². The summed E-state index contributed by atoms with van der Waals surface area (Å²) < 4.78 is 0. The first-order chi connectivity index (χ1) is 8.74. The van der Waals surface area contributed by atoms with Crippen molar-refractivity contribution in [2.45, 2.75) is 18.8 Å². The van der Waals surface area contributed by atoms with Crippen LogP contribution in [0.15, 0.2) is 17.8 Å². The van der Waals surface area contributed by atoms with Gasteiger partial charge in [0.15, 0.2) is 16.6 Å². The first-order valence-electron chi connectivity index (χ1n) is 5.57. The van der Waals surface area contributed by atoms with E-state index >= 15 is 0 Å². The van der Waals surface area contributed by atoms with Gasteiger partial charge in [0.2, 0.25) is 0 Å². The van der Waals surface area contributed by atoms with Gasteiger partial charge >= 0.3 is 0 Å². The largest absolute Gasteiger partial charge is 0.382 e. The maximum absolute atomic E-state index is 11.9. The normalized spacial score (nSPS) is 14.4. The van der Waals surface area contributed by atoms with Crippen molar-refractivity contribution < 1.29 is 4.79 Å². The van der Waals surface area contributed by atoms with Crippen LogP contribution in [0.3, 0.4) is 0 Å². The van der Waals surface area contributed by atoms with Gasteiger partial charge in [-0.1, -0.05) is 0 Å². The molecule has 18 heavy (non-hydrogen) atoms. The van der Waals surface area contributed by atoms with Crippen LogP contribution in [-0.4, -0.2) is 20.9 Å². The molecule has 0 radical (unpaired) electrons. The van der Waals surface area contributed by atoms with E-state index in [-0.39, 0.29) is 17.4 Å². The van der Waals surface area contributed by atoms with Gasteiger partial charge in [0.25, 0.3) is 5.91 Å². The number of nitrogens with one attached hydrogen (secondary N) is 1. The highest BCUT2D eigenvalue weighted by atomic mass is 32.1. The third-order valence-corrected chi connectivity index (χ3v) is 3.46. The zero-order valence-electron chi connectivity index (χ0n) is 9.46. The number of hydrogen-bond donors (Lipinski definition) is 2. The van der Waals surface area contributed by atoms with E-state index in [0.29, 0.717) is 11.0 Å². The highest BCUT2D eigenvalue weighted by molar-refractivity contribution is 7.14. The van der Waals surface area contributed by atoms with Crippen LogP contribution in [0.25, 0.3) is 0 Å². The van der Waals surface area contributed by atoms with E-state index in [1.165, 1.54) is 36.6 Å². The molecular formula is C11H11N5OS. The maximum Gasteiger partial charge on any atom is 0.279 e. The Kier molecular flexibility index (Phi) is 2.67. The fourth-order valence-electron chi connectivity index (χ4n) is 1.59. The molecule has 1 aliphatic rings. The predicted molar refractivity (Wildman–Crippen MR) is 68.5 cm³/mol. The highest BCUT2D eigenvalue weighted by Gasteiger charge is 2.26. The molecule has 92 valence electrons. The minimum absolute atomic E-state index is 0.119. The van der Waals surface area contributed by atoms with E-state index in [4.69, 9.17) is 5.73 Å². The average molecular weight is 261 g/mol. The fraction of sp³-hybridized carbons (Fsp3) is 0.273. The number of nitrogens with zero attached hydrogens (tertiary/aromatic N) is 3. The van der Waals surface area contributed by atoms with Crippen molar-refractivity contribution in [3.8, 4) is 0 Å². The van der Waals surface area contributed by atoms with Crippen molar-refractivity contribution in [1.29, 1.82) is 0 Å². The molecule has 0 aromatic carbocycles. The Morgan fingerprint density at radius 3 is 2.89 bits per heavy atom. The molecule has 0 aliphatic heterocycles. The number of carbonyl (C=O) groups is 1. The number of rotatable bonds is 3. The highest BCUT2D eigenvalue weighted by Crippen LogP contribution is 2.40. The van der Waals surface area contributed by atoms with Crippen LogP contribution in [0.5, 0.6) is 0 Å². The molecule has 2 aromatic rings. The third-order valence-electron chi connectivity index (χ3n) is 2.68. The first kappa shape index (κ1) is 11.1. The Morgan fingerprint density at radius 1 is 1.39 bits per heavy atom. The molecule has 0 saturated heterocycles. The van der Waals surface area contributed by atoms with Crippen molar-refractivity contribution >= 4 is 28.2 Å². The second-order valence-electron chi connectivity index (χ2n) is 4.10. The summed E-state index contributed by atoms with van der Waals surface area (Å²) in [6, 6.07) is 0. The van der Waals surface area contributed by atoms with Crippen LogP contribution >= 0.6 is 11.3 Å². The lowest BCUT2D eigenvalue weighted by Gasteiger charge is -2.02. The number of amides is 1. The minimum atomic E-state index is -0.378. The molecule has 2 heterocycles. The van der Waals surface area contributed by atoms with E-state index in [2.05, 4.69) is 20.3 Å². The molecule has 1 fully saturated rings. The van der Waals surface area contributed by atoms with E-state index in [1.807, 2.05) is 5.38 Å². The smallest absolute Gasteiger partial charge is 0.279 e. The van der Waals surface area contributed by atoms with Gasteiger partial charge in [-0.25, -0.2) is 15.0 Å². The van der Waals surface area contributed by atoms with E-state index in [9.17, 15) is 4.79 Å². The zero-order valence-corrected chi connectivity index (χ0v) is 10.3. The SMILES string of the molecule is Nc1nccnc1C(=O)Nc1nc(C2CC2)cs1. The van der Waals surface area contributed by atoms with Crippen LogP contribution in [0, 0.1) is 0 Å². The summed E-state index contributed by atoms with van der Waals surface area (Å²) in [7, 11) is 0. The number of thiazole rings is 1. The minimum Gasteiger partial charge on any atom is -0.382 e. The molecular weight excluding hydrogens is 250 g/mol. The molecule has 1 saturated carbocycles. The average Bonchev–Trinajstić information content (AvgIpc) is 3.11. The summed E-state index contributed by atoms with van der Waals surface area (Å²) in [6.45, 7) is 0. The summed E-state index contributed by atoms with van der Waals surface area (Å²) >= 11 is 1.41. The Balaban J connectivity index is 1.75. The Hall–Kier alpha value is -2.02. The number of nitrogen functional groups attached to an aromatic ring is 1. The predicted octanol–water partition coefficient (Wildman–Crippen LogP) is 1.65. The summed E-state index contributed by atoms with van der Waals surface area (Å²) in [4.78, 5) is 24.0. The van der Waals surface area contributed by atoms with Gasteiger partial charge in [-0.2, -0.15) is 0 Å². The Bertz CT molecular complexity index is 593. The molecule has 1 amide bonds. The zero-order chi connectivity index (χ0) is 12.5. The molecule has 3 rings (SSSR count). The van der Waals surface area contributed by atoms with E-state index in [1.54, 1.807) is 0 Å². The Morgan fingerprint density at radius 2 is 2.17 bits per heavy atom. The van der Waals surface area contributed by atoms with Crippen LogP contribution in [-0.2, 0) is 0 Å². The lowest BCUT2D eigenvalue weighted by molar-refractivity contribution is 0.102. The molecule has 3 N–H and O–H groups in total. The number of hydrogen-bond acceptors (Lipinski definition) is 6. The van der Waals surface area contributed by atoms with Crippen molar-refractivity contribution in [3.05, 3.63) is 29.2 Å². The van der Waals surface area contributed by atoms with E-state index in [0.717, 1.165) is 5.69 Å². The number of nitrogens with two attached hydrogens (primary N) is 1. The lowest BCUT2D eigenvalue weighted by atomic mass is 10.3. The second kappa shape index (κ2) is 4.34. The number of aromatic nitrogens is 3. The summed E-state index contributed by atoms with van der Waals surface area (Å²) in [5.41, 5.74) is 6.77. The van der Waals surface area contributed by atoms with Gasteiger partial charge in [-0.05, 0) is 12.8 Å². The molecule has 0 bridgehead atoms. The molecule has 7 heteroatoms. The van der Waals surface area contributed by atoms with E-state index < -0.39 is 0 Å². The van der Waals surface area contributed by atoms with Crippen molar-refractivity contribution in [3.63, 3.8) is 0 Å². The van der Waals surface area contributed by atoms with Gasteiger partial charge in [-0.15, -0.1) is 11.3 Å². The van der Waals surface area contributed by atoms with Crippen molar-refractivity contribution in [2.75, 3.05) is 11.1 Å². The molecule has 6 nitrogen and oxygen atoms in total. The molecule has 0 atom stereocenters. The van der Waals surface area contributed by atoms with Gasteiger partial charge in [0.05, 0.1) is 5.69 Å². The summed E-state index contributed by atoms with van der Waals surface area (Å²) in [6.07, 6.45) is 5.26. The fourth-order valence-corrected chi connectivity index (χ4v) is 2.38. The molecule has 0 spiro atoms. The van der Waals surface area contributed by atoms with Gasteiger partial charge in [0.1, 0.15) is 0 Å². The van der Waals surface area contributed by atoms with Crippen molar-refractivity contribution in [1.82, 2.24) is 15.0 Å². The van der Waals surface area contributed by atoms with Crippen LogP contribution in [0.1, 0.15) is 34.9 Å². The quantitative estimate of drug-likeness (QED) is 0.876. The lowest BCUT2D eigenvalue weighted by Crippen LogP contribution is -2.16. The second-order valence-corrected chi connectivity index (χ2v) is 4.95. The van der Waals surface area contributed by atoms with Gasteiger partial charge in [0, 0.05) is 23.7 Å². The van der Waals surface area contributed by atoms with Gasteiger partial charge in [-0.3, -0.25) is 10.1 Å². The monoisotopic (exact) mass is 261 g/mol. The first-order valence-corrected chi connectivity index (χ1v) is 6.45. The van der Waals surface area contributed by atoms with Crippen LogP contribution in [0.2, 0.25) is 0 Å². The maximum atomic E-state index is 11.9. The summed E-state index contributed by atoms with van der Waals surface area (Å²) in [5.74, 6) is 0.319. The standard InChI is InChI=1S/C11H11N5OS/c12-9-8(13-3-4-14-9)10(17)16-11-15-7(5-18-11)6-1-2-6/h3-6H,1-2H2,(H2,12,14)(H,15,16,17). The van der Waals surface area contributed by atoms with Gasteiger partial charge < -0.3 is 5.73 Å². The van der Waals surface area contributed by atoms with Crippen LogP contribution < -0.4 is 11.1 Å². The molecule has 1 aliphatic carbocycles. The Labute approximate surface area is 107 Å². The van der Waals surface area contributed by atoms with Crippen molar-refractivity contribution in [2.24, 2.45) is 0 Å². The number of carbonyl (C=O) groups excluding carboxylic acids is 1. The molecule has 0 unspecified atom stereocenters. The molecule has 2 aromatic heterocycles. The topological polar surface area (TPSA) is 93.8 Å². The summed E-state index contributed by atoms with van der Waals surface area (Å²) in [5, 5.41) is 5.24. The third kappa shape index (κ3) is 2.17. The number of anilines is 2.